The van der Waals surface area contributed by atoms with E-state index < -0.39 is 0 Å². The molecule has 33 heavy (non-hydrogen) atoms. The Morgan fingerprint density at radius 3 is 2.85 bits per heavy atom. The zero-order valence-electron chi connectivity index (χ0n) is 19.4. The minimum absolute atomic E-state index is 0.126. The number of benzene rings is 1. The van der Waals surface area contributed by atoms with E-state index in [1.165, 1.54) is 6.07 Å². The summed E-state index contributed by atoms with van der Waals surface area (Å²) < 4.78 is 14.6. The Bertz CT molecular complexity index is 1180. The number of aromatic nitrogens is 4. The summed E-state index contributed by atoms with van der Waals surface area (Å²) in [5, 5.41) is 8.63. The third-order valence-corrected chi connectivity index (χ3v) is 5.83. The maximum Gasteiger partial charge on any atom is 0.310 e. The Kier molecular flexibility index (Phi) is 6.74. The van der Waals surface area contributed by atoms with E-state index in [1.807, 2.05) is 37.5 Å². The summed E-state index contributed by atoms with van der Waals surface area (Å²) in [7, 11) is 1.83. The zero-order valence-corrected chi connectivity index (χ0v) is 19.4. The highest BCUT2D eigenvalue weighted by Crippen LogP contribution is 2.28. The highest BCUT2D eigenvalue weighted by molar-refractivity contribution is 5.72. The SMILES string of the molecule is Cn1cc(-n2ccc(=O)c(Cc3cccc(CC(=O)OCC4CCOC(C)(C)C4)c3)n2)cn1. The number of carbonyl (C=O) groups is 1. The Morgan fingerprint density at radius 2 is 2.09 bits per heavy atom. The number of nitrogens with zero attached hydrogens (tertiary/aromatic N) is 4. The molecule has 0 aliphatic carbocycles. The van der Waals surface area contributed by atoms with Crippen molar-refractivity contribution in [1.82, 2.24) is 19.6 Å². The van der Waals surface area contributed by atoms with E-state index in [0.717, 1.165) is 29.7 Å². The molecule has 4 rings (SSSR count). The number of hydrogen-bond donors (Lipinski definition) is 0. The molecule has 1 aliphatic heterocycles. The van der Waals surface area contributed by atoms with E-state index in [1.54, 1.807) is 21.8 Å². The van der Waals surface area contributed by atoms with Gasteiger partial charge in [-0.1, -0.05) is 24.3 Å². The molecule has 1 aromatic carbocycles. The van der Waals surface area contributed by atoms with E-state index in [4.69, 9.17) is 9.47 Å². The number of esters is 1. The van der Waals surface area contributed by atoms with E-state index in [9.17, 15) is 9.59 Å². The van der Waals surface area contributed by atoms with E-state index in [-0.39, 0.29) is 23.4 Å². The first-order chi connectivity index (χ1) is 15.8. The number of hydrogen-bond acceptors (Lipinski definition) is 6. The molecule has 8 nitrogen and oxygen atoms in total. The van der Waals surface area contributed by atoms with Gasteiger partial charge in [-0.25, -0.2) is 4.68 Å². The highest BCUT2D eigenvalue weighted by Gasteiger charge is 2.29. The van der Waals surface area contributed by atoms with Crippen molar-refractivity contribution in [3.8, 4) is 5.69 Å². The van der Waals surface area contributed by atoms with Crippen LogP contribution in [0.2, 0.25) is 0 Å². The molecule has 0 bridgehead atoms. The van der Waals surface area contributed by atoms with E-state index >= 15 is 0 Å². The van der Waals surface area contributed by atoms with E-state index in [0.29, 0.717) is 31.2 Å². The van der Waals surface area contributed by atoms with Crippen molar-refractivity contribution >= 4 is 5.97 Å². The summed E-state index contributed by atoms with van der Waals surface area (Å²) in [6.07, 6.45) is 7.52. The molecule has 1 fully saturated rings. The van der Waals surface area contributed by atoms with Crippen molar-refractivity contribution in [2.45, 2.75) is 45.1 Å². The Balaban J connectivity index is 1.38. The van der Waals surface area contributed by atoms with Crippen molar-refractivity contribution in [3.63, 3.8) is 0 Å². The van der Waals surface area contributed by atoms with Gasteiger partial charge in [-0.2, -0.15) is 10.2 Å². The van der Waals surface area contributed by atoms with Crippen LogP contribution in [0.15, 0.2) is 53.7 Å². The molecule has 3 aromatic rings. The molecule has 1 atom stereocenters. The van der Waals surface area contributed by atoms with Crippen LogP contribution in [0.4, 0.5) is 0 Å². The summed E-state index contributed by atoms with van der Waals surface area (Å²) in [5.41, 5.74) is 2.70. The monoisotopic (exact) mass is 450 g/mol. The van der Waals surface area contributed by atoms with Crippen molar-refractivity contribution < 1.29 is 14.3 Å². The van der Waals surface area contributed by atoms with Gasteiger partial charge in [0.15, 0.2) is 0 Å². The molecule has 0 amide bonds. The summed E-state index contributed by atoms with van der Waals surface area (Å²) >= 11 is 0. The molecular formula is C25H30N4O4. The lowest BCUT2D eigenvalue weighted by Crippen LogP contribution is -2.36. The van der Waals surface area contributed by atoms with Gasteiger partial charge in [-0.05, 0) is 43.7 Å². The Labute approximate surface area is 193 Å². The highest BCUT2D eigenvalue weighted by atomic mass is 16.5. The van der Waals surface area contributed by atoms with Gasteiger partial charge >= 0.3 is 5.97 Å². The van der Waals surface area contributed by atoms with Crippen molar-refractivity contribution in [3.05, 3.63) is 76.0 Å². The van der Waals surface area contributed by atoms with Crippen molar-refractivity contribution in [1.29, 1.82) is 0 Å². The minimum Gasteiger partial charge on any atom is -0.465 e. The van der Waals surface area contributed by atoms with E-state index in [2.05, 4.69) is 24.0 Å². The number of aryl methyl sites for hydroxylation is 1. The zero-order chi connectivity index (χ0) is 23.4. The lowest BCUT2D eigenvalue weighted by molar-refractivity contribution is -0.147. The number of carbonyl (C=O) groups excluding carboxylic acids is 1. The molecule has 8 heteroatoms. The number of rotatable bonds is 7. The molecule has 1 unspecified atom stereocenters. The van der Waals surface area contributed by atoms with Crippen LogP contribution in [0.5, 0.6) is 0 Å². The predicted molar refractivity (Wildman–Crippen MR) is 123 cm³/mol. The minimum atomic E-state index is -0.242. The molecule has 1 aliphatic rings. The first-order valence-electron chi connectivity index (χ1n) is 11.2. The second-order valence-corrected chi connectivity index (χ2v) is 9.27. The van der Waals surface area contributed by atoms with Gasteiger partial charge in [0, 0.05) is 32.3 Å². The summed E-state index contributed by atoms with van der Waals surface area (Å²) in [4.78, 5) is 24.8. The molecular weight excluding hydrogens is 420 g/mol. The van der Waals surface area contributed by atoms with Crippen LogP contribution in [0.3, 0.4) is 0 Å². The fraction of sp³-hybridized carbons (Fsp3) is 0.440. The Hall–Kier alpha value is -3.26. The van der Waals surface area contributed by atoms with Gasteiger partial charge in [0.05, 0.1) is 31.0 Å². The Morgan fingerprint density at radius 1 is 1.27 bits per heavy atom. The molecule has 0 radical (unpaired) electrons. The second-order valence-electron chi connectivity index (χ2n) is 9.27. The first kappa shape index (κ1) is 22.9. The topological polar surface area (TPSA) is 88.2 Å². The number of ether oxygens (including phenoxy) is 2. The van der Waals surface area contributed by atoms with Gasteiger partial charge < -0.3 is 9.47 Å². The van der Waals surface area contributed by atoms with Crippen LogP contribution in [0, 0.1) is 5.92 Å². The predicted octanol–water partition coefficient (Wildman–Crippen LogP) is 2.85. The van der Waals surface area contributed by atoms with Crippen LogP contribution in [-0.2, 0) is 34.2 Å². The summed E-state index contributed by atoms with van der Waals surface area (Å²) in [5.74, 6) is 0.0865. The van der Waals surface area contributed by atoms with Gasteiger partial charge in [-0.3, -0.25) is 14.3 Å². The van der Waals surface area contributed by atoms with Gasteiger partial charge in [0.1, 0.15) is 11.4 Å². The molecule has 0 spiro atoms. The fourth-order valence-electron chi connectivity index (χ4n) is 4.21. The third-order valence-electron chi connectivity index (χ3n) is 5.83. The van der Waals surface area contributed by atoms with Crippen LogP contribution in [-0.4, -0.2) is 44.3 Å². The van der Waals surface area contributed by atoms with Gasteiger partial charge in [0.25, 0.3) is 0 Å². The molecule has 0 N–H and O–H groups in total. The van der Waals surface area contributed by atoms with Crippen LogP contribution in [0.25, 0.3) is 5.69 Å². The second kappa shape index (κ2) is 9.70. The average molecular weight is 451 g/mol. The largest absolute Gasteiger partial charge is 0.465 e. The van der Waals surface area contributed by atoms with Crippen molar-refractivity contribution in [2.24, 2.45) is 13.0 Å². The van der Waals surface area contributed by atoms with Crippen molar-refractivity contribution in [2.75, 3.05) is 13.2 Å². The molecule has 174 valence electrons. The van der Waals surface area contributed by atoms with Gasteiger partial charge in [0.2, 0.25) is 5.43 Å². The average Bonchev–Trinajstić information content (AvgIpc) is 3.20. The van der Waals surface area contributed by atoms with Gasteiger partial charge in [-0.15, -0.1) is 0 Å². The summed E-state index contributed by atoms with van der Waals surface area (Å²) in [6.45, 7) is 5.26. The standard InChI is InChI=1S/C25H30N4O4/c1-25(2)14-20(8-10-33-25)17-32-24(31)13-19-6-4-5-18(11-19)12-22-23(30)7-9-29(27-22)21-15-26-28(3)16-21/h4-7,9,11,15-16,20H,8,10,12-14,17H2,1-3H3. The van der Waals surface area contributed by atoms with Crippen LogP contribution < -0.4 is 5.43 Å². The third kappa shape index (κ3) is 6.16. The normalized spacial score (nSPS) is 17.6. The van der Waals surface area contributed by atoms with Crippen LogP contribution >= 0.6 is 0 Å². The quantitative estimate of drug-likeness (QED) is 0.515. The fourth-order valence-corrected chi connectivity index (χ4v) is 4.21. The molecule has 3 heterocycles. The molecule has 1 saturated heterocycles. The molecule has 0 saturated carbocycles. The smallest absolute Gasteiger partial charge is 0.310 e. The lowest BCUT2D eigenvalue weighted by Gasteiger charge is -2.35. The lowest BCUT2D eigenvalue weighted by atomic mass is 9.89. The maximum absolute atomic E-state index is 12.4. The maximum atomic E-state index is 12.4. The van der Waals surface area contributed by atoms with Crippen LogP contribution in [0.1, 0.15) is 43.5 Å². The summed E-state index contributed by atoms with van der Waals surface area (Å²) in [6, 6.07) is 9.16. The molecule has 2 aromatic heterocycles. The first-order valence-corrected chi connectivity index (χ1v) is 11.2.